The molecule has 0 radical (unpaired) electrons. The molecule has 1 aromatic rings. The van der Waals surface area contributed by atoms with Gasteiger partial charge in [0.25, 0.3) is 0 Å². The van der Waals surface area contributed by atoms with Gasteiger partial charge in [-0.05, 0) is 19.4 Å². The molecule has 1 aromatic heterocycles. The van der Waals surface area contributed by atoms with Crippen LogP contribution in [0.4, 0.5) is 0 Å². The first kappa shape index (κ1) is 9.51. The first-order chi connectivity index (χ1) is 6.27. The number of oxime groups is 1. The fourth-order valence-electron chi connectivity index (χ4n) is 0.965. The summed E-state index contributed by atoms with van der Waals surface area (Å²) in [6.45, 7) is 4.40. The molecule has 1 rings (SSSR count). The van der Waals surface area contributed by atoms with Gasteiger partial charge in [0.2, 0.25) is 5.88 Å². The van der Waals surface area contributed by atoms with Gasteiger partial charge in [-0.1, -0.05) is 5.16 Å². The summed E-state index contributed by atoms with van der Waals surface area (Å²) in [6.07, 6.45) is 2.96. The molecule has 0 atom stereocenters. The topological polar surface area (TPSA) is 54.7 Å². The Bertz CT molecular complexity index is 310. The zero-order chi connectivity index (χ0) is 9.68. The molecule has 4 heteroatoms. The predicted molar refractivity (Wildman–Crippen MR) is 49.5 cm³/mol. The average Bonchev–Trinajstić information content (AvgIpc) is 2.10. The molecular weight excluding hydrogens is 168 g/mol. The molecule has 4 nitrogen and oxygen atoms in total. The van der Waals surface area contributed by atoms with Crippen molar-refractivity contribution in [3.8, 4) is 5.88 Å². The first-order valence-electron chi connectivity index (χ1n) is 4.04. The number of hydrogen-bond acceptors (Lipinski definition) is 4. The zero-order valence-corrected chi connectivity index (χ0v) is 7.69. The second-order valence-corrected chi connectivity index (χ2v) is 2.56. The van der Waals surface area contributed by atoms with Gasteiger partial charge in [0.1, 0.15) is 0 Å². The maximum atomic E-state index is 8.33. The highest BCUT2D eigenvalue weighted by Crippen LogP contribution is 2.11. The standard InChI is InChI=1S/C9H12N2O2/c1-3-13-9-4-7(2)8(5-10-9)6-11-12/h4-6,12H,3H2,1-2H3/b11-6+. The van der Waals surface area contributed by atoms with Crippen LogP contribution >= 0.6 is 0 Å². The summed E-state index contributed by atoms with van der Waals surface area (Å²) in [5.74, 6) is 0.593. The molecular formula is C9H12N2O2. The maximum absolute atomic E-state index is 8.33. The van der Waals surface area contributed by atoms with E-state index < -0.39 is 0 Å². The summed E-state index contributed by atoms with van der Waals surface area (Å²) in [4.78, 5) is 4.02. The molecule has 0 amide bonds. The Morgan fingerprint density at radius 3 is 3.00 bits per heavy atom. The van der Waals surface area contributed by atoms with Crippen LogP contribution in [0.2, 0.25) is 0 Å². The highest BCUT2D eigenvalue weighted by atomic mass is 16.5. The van der Waals surface area contributed by atoms with Gasteiger partial charge in [-0.3, -0.25) is 0 Å². The van der Waals surface area contributed by atoms with Crippen LogP contribution in [0.25, 0.3) is 0 Å². The van der Waals surface area contributed by atoms with Crippen LogP contribution < -0.4 is 4.74 Å². The molecule has 0 aliphatic rings. The number of pyridine rings is 1. The van der Waals surface area contributed by atoms with E-state index in [2.05, 4.69) is 10.1 Å². The molecule has 0 aromatic carbocycles. The third-order valence-corrected chi connectivity index (χ3v) is 1.62. The van der Waals surface area contributed by atoms with Crippen LogP contribution in [0.3, 0.4) is 0 Å². The van der Waals surface area contributed by atoms with E-state index in [4.69, 9.17) is 9.94 Å². The number of nitrogens with zero attached hydrogens (tertiary/aromatic N) is 2. The molecule has 1 N–H and O–H groups in total. The fourth-order valence-corrected chi connectivity index (χ4v) is 0.965. The molecule has 0 saturated heterocycles. The number of rotatable bonds is 3. The van der Waals surface area contributed by atoms with Gasteiger partial charge >= 0.3 is 0 Å². The quantitative estimate of drug-likeness (QED) is 0.436. The Labute approximate surface area is 76.9 Å². The Morgan fingerprint density at radius 1 is 1.69 bits per heavy atom. The second kappa shape index (κ2) is 4.45. The summed E-state index contributed by atoms with van der Waals surface area (Å²) < 4.78 is 5.20. The second-order valence-electron chi connectivity index (χ2n) is 2.56. The monoisotopic (exact) mass is 180 g/mol. The van der Waals surface area contributed by atoms with Crippen molar-refractivity contribution in [2.24, 2.45) is 5.16 Å². The predicted octanol–water partition coefficient (Wildman–Crippen LogP) is 1.60. The van der Waals surface area contributed by atoms with Gasteiger partial charge in [-0.2, -0.15) is 0 Å². The van der Waals surface area contributed by atoms with Crippen molar-refractivity contribution < 1.29 is 9.94 Å². The average molecular weight is 180 g/mol. The summed E-state index contributed by atoms with van der Waals surface area (Å²) in [5, 5.41) is 11.3. The molecule has 0 bridgehead atoms. The Hall–Kier alpha value is -1.58. The highest BCUT2D eigenvalue weighted by molar-refractivity contribution is 5.80. The van der Waals surface area contributed by atoms with Gasteiger partial charge in [-0.25, -0.2) is 4.98 Å². The van der Waals surface area contributed by atoms with Crippen molar-refractivity contribution in [2.45, 2.75) is 13.8 Å². The van der Waals surface area contributed by atoms with Gasteiger partial charge in [0, 0.05) is 17.8 Å². The summed E-state index contributed by atoms with van der Waals surface area (Å²) >= 11 is 0. The third kappa shape index (κ3) is 2.43. The van der Waals surface area contributed by atoms with Crippen molar-refractivity contribution in [3.05, 3.63) is 23.4 Å². The normalized spacial score (nSPS) is 10.6. The van der Waals surface area contributed by atoms with E-state index in [1.807, 2.05) is 13.8 Å². The van der Waals surface area contributed by atoms with E-state index in [0.29, 0.717) is 12.5 Å². The summed E-state index contributed by atoms with van der Waals surface area (Å²) in [7, 11) is 0. The number of hydrogen-bond donors (Lipinski definition) is 1. The van der Waals surface area contributed by atoms with E-state index in [1.165, 1.54) is 6.21 Å². The van der Waals surface area contributed by atoms with Crippen LogP contribution in [0, 0.1) is 6.92 Å². The Balaban J connectivity index is 2.91. The largest absolute Gasteiger partial charge is 0.478 e. The molecule has 0 saturated carbocycles. The van der Waals surface area contributed by atoms with Gasteiger partial charge < -0.3 is 9.94 Å². The maximum Gasteiger partial charge on any atom is 0.213 e. The van der Waals surface area contributed by atoms with E-state index in [-0.39, 0.29) is 0 Å². The number of aromatic nitrogens is 1. The Morgan fingerprint density at radius 2 is 2.46 bits per heavy atom. The number of ether oxygens (including phenoxy) is 1. The molecule has 0 fully saturated rings. The lowest BCUT2D eigenvalue weighted by Crippen LogP contribution is -1.97. The zero-order valence-electron chi connectivity index (χ0n) is 7.69. The SMILES string of the molecule is CCOc1cc(C)c(/C=N/O)cn1. The summed E-state index contributed by atoms with van der Waals surface area (Å²) in [6, 6.07) is 1.81. The van der Waals surface area contributed by atoms with E-state index in [1.54, 1.807) is 12.3 Å². The van der Waals surface area contributed by atoms with Crippen LogP contribution in [0.5, 0.6) is 5.88 Å². The van der Waals surface area contributed by atoms with Crippen molar-refractivity contribution in [2.75, 3.05) is 6.61 Å². The van der Waals surface area contributed by atoms with Crippen molar-refractivity contribution in [1.29, 1.82) is 0 Å². The third-order valence-electron chi connectivity index (χ3n) is 1.62. The lowest BCUT2D eigenvalue weighted by molar-refractivity contribution is 0.321. The van der Waals surface area contributed by atoms with Crippen LogP contribution in [0.1, 0.15) is 18.1 Å². The molecule has 13 heavy (non-hydrogen) atoms. The molecule has 0 unspecified atom stereocenters. The summed E-state index contributed by atoms with van der Waals surface area (Å²) in [5.41, 5.74) is 1.75. The Kier molecular flexibility index (Phi) is 3.25. The van der Waals surface area contributed by atoms with Gasteiger partial charge in [-0.15, -0.1) is 0 Å². The molecule has 1 heterocycles. The van der Waals surface area contributed by atoms with Crippen LogP contribution in [0.15, 0.2) is 17.4 Å². The molecule has 0 aliphatic carbocycles. The van der Waals surface area contributed by atoms with Gasteiger partial charge in [0.05, 0.1) is 12.8 Å². The van der Waals surface area contributed by atoms with Crippen molar-refractivity contribution in [1.82, 2.24) is 4.98 Å². The minimum atomic E-state index is 0.593. The minimum Gasteiger partial charge on any atom is -0.478 e. The first-order valence-corrected chi connectivity index (χ1v) is 4.04. The van der Waals surface area contributed by atoms with E-state index in [0.717, 1.165) is 11.1 Å². The van der Waals surface area contributed by atoms with Crippen molar-refractivity contribution in [3.63, 3.8) is 0 Å². The number of aryl methyl sites for hydroxylation is 1. The van der Waals surface area contributed by atoms with E-state index in [9.17, 15) is 0 Å². The smallest absolute Gasteiger partial charge is 0.213 e. The van der Waals surface area contributed by atoms with E-state index >= 15 is 0 Å². The van der Waals surface area contributed by atoms with Crippen LogP contribution in [-0.4, -0.2) is 23.0 Å². The molecule has 0 aliphatic heterocycles. The van der Waals surface area contributed by atoms with Gasteiger partial charge in [0.15, 0.2) is 0 Å². The lowest BCUT2D eigenvalue weighted by atomic mass is 10.2. The lowest BCUT2D eigenvalue weighted by Gasteiger charge is -2.03. The fraction of sp³-hybridized carbons (Fsp3) is 0.333. The van der Waals surface area contributed by atoms with Crippen molar-refractivity contribution >= 4 is 6.21 Å². The molecule has 70 valence electrons. The van der Waals surface area contributed by atoms with Crippen LogP contribution in [-0.2, 0) is 0 Å². The molecule has 0 spiro atoms. The minimum absolute atomic E-state index is 0.593. The highest BCUT2D eigenvalue weighted by Gasteiger charge is 1.99.